The van der Waals surface area contributed by atoms with Crippen molar-refractivity contribution in [1.29, 1.82) is 0 Å². The number of nitrogens with one attached hydrogen (secondary N) is 2. The van der Waals surface area contributed by atoms with E-state index in [1.54, 1.807) is 54.6 Å². The van der Waals surface area contributed by atoms with Crippen LogP contribution in [0.15, 0.2) is 65.1 Å². The van der Waals surface area contributed by atoms with E-state index in [0.29, 0.717) is 35.2 Å². The lowest BCUT2D eigenvalue weighted by molar-refractivity contribution is -0.123. The Bertz CT molecular complexity index is 1190. The Morgan fingerprint density at radius 3 is 2.44 bits per heavy atom. The maximum Gasteiger partial charge on any atom is 0.326 e. The van der Waals surface area contributed by atoms with Crippen molar-refractivity contribution in [3.63, 3.8) is 0 Å². The minimum absolute atomic E-state index is 0.163. The smallest absolute Gasteiger partial charge is 0.326 e. The SMILES string of the molecule is CCOc1ccc(NC(=O)N2CC(=O)N(CC(=O)NCc3ccc(C)o3)c3ccccc32)cc1. The Balaban J connectivity index is 1.45. The zero-order valence-corrected chi connectivity index (χ0v) is 19.0. The Hall–Kier alpha value is -4.27. The highest BCUT2D eigenvalue weighted by molar-refractivity contribution is 6.15. The molecule has 0 saturated carbocycles. The first-order valence-electron chi connectivity index (χ1n) is 11.0. The summed E-state index contributed by atoms with van der Waals surface area (Å²) < 4.78 is 10.9. The second-order valence-corrected chi connectivity index (χ2v) is 7.73. The highest BCUT2D eigenvalue weighted by atomic mass is 16.5. The summed E-state index contributed by atoms with van der Waals surface area (Å²) in [6.45, 7) is 4.15. The van der Waals surface area contributed by atoms with Crippen LogP contribution < -0.4 is 25.2 Å². The molecule has 176 valence electrons. The number of urea groups is 1. The molecule has 0 radical (unpaired) electrons. The Labute approximate surface area is 197 Å². The minimum atomic E-state index is -0.442. The molecule has 0 saturated heterocycles. The van der Waals surface area contributed by atoms with Gasteiger partial charge in [0.1, 0.15) is 30.4 Å². The summed E-state index contributed by atoms with van der Waals surface area (Å²) in [5.41, 5.74) is 1.61. The topological polar surface area (TPSA) is 104 Å². The highest BCUT2D eigenvalue weighted by Gasteiger charge is 2.33. The predicted octanol–water partition coefficient (Wildman–Crippen LogP) is 3.69. The second-order valence-electron chi connectivity index (χ2n) is 7.73. The molecule has 0 unspecified atom stereocenters. The summed E-state index contributed by atoms with van der Waals surface area (Å²) >= 11 is 0. The second kappa shape index (κ2) is 10.1. The average molecular weight is 463 g/mol. The number of ether oxygens (including phenoxy) is 1. The summed E-state index contributed by atoms with van der Waals surface area (Å²) in [7, 11) is 0. The van der Waals surface area contributed by atoms with E-state index in [9.17, 15) is 14.4 Å². The number of carbonyl (C=O) groups excluding carboxylic acids is 3. The molecule has 9 heteroatoms. The molecule has 0 aliphatic carbocycles. The lowest BCUT2D eigenvalue weighted by atomic mass is 10.1. The molecule has 1 aliphatic rings. The minimum Gasteiger partial charge on any atom is -0.494 e. The molecule has 2 aromatic carbocycles. The van der Waals surface area contributed by atoms with Crippen LogP contribution in [0.4, 0.5) is 21.9 Å². The van der Waals surface area contributed by atoms with Gasteiger partial charge >= 0.3 is 6.03 Å². The molecule has 9 nitrogen and oxygen atoms in total. The van der Waals surface area contributed by atoms with Gasteiger partial charge in [0.2, 0.25) is 11.8 Å². The maximum atomic E-state index is 13.0. The molecule has 1 aromatic heterocycles. The first kappa shape index (κ1) is 22.9. The van der Waals surface area contributed by atoms with Gasteiger partial charge in [-0.25, -0.2) is 4.79 Å². The number of furan rings is 1. The molecular weight excluding hydrogens is 436 g/mol. The third-order valence-electron chi connectivity index (χ3n) is 5.28. The molecule has 2 heterocycles. The van der Waals surface area contributed by atoms with Crippen molar-refractivity contribution in [2.75, 3.05) is 34.8 Å². The van der Waals surface area contributed by atoms with Crippen molar-refractivity contribution in [2.45, 2.75) is 20.4 Å². The van der Waals surface area contributed by atoms with Gasteiger partial charge in [-0.2, -0.15) is 0 Å². The molecule has 0 fully saturated rings. The highest BCUT2D eigenvalue weighted by Crippen LogP contribution is 2.33. The van der Waals surface area contributed by atoms with Crippen molar-refractivity contribution >= 4 is 34.9 Å². The molecule has 3 aromatic rings. The van der Waals surface area contributed by atoms with Crippen LogP contribution in [-0.2, 0) is 16.1 Å². The number of rotatable bonds is 7. The van der Waals surface area contributed by atoms with Gasteiger partial charge in [0.15, 0.2) is 0 Å². The van der Waals surface area contributed by atoms with Gasteiger partial charge in [0.05, 0.1) is 24.5 Å². The van der Waals surface area contributed by atoms with Gasteiger partial charge < -0.3 is 19.8 Å². The largest absolute Gasteiger partial charge is 0.494 e. The third-order valence-corrected chi connectivity index (χ3v) is 5.28. The number of amides is 4. The number of aryl methyl sites for hydroxylation is 1. The molecule has 34 heavy (non-hydrogen) atoms. The first-order valence-corrected chi connectivity index (χ1v) is 11.0. The number of para-hydroxylation sites is 2. The number of hydrogen-bond donors (Lipinski definition) is 2. The summed E-state index contributed by atoms with van der Waals surface area (Å²) in [5, 5.41) is 5.57. The van der Waals surface area contributed by atoms with E-state index >= 15 is 0 Å². The standard InChI is InChI=1S/C25H26N4O5/c1-3-33-19-12-9-18(10-13-19)27-25(32)29-16-24(31)28(21-6-4-5-7-22(21)29)15-23(30)26-14-20-11-8-17(2)34-20/h4-13H,3,14-16H2,1-2H3,(H,26,30)(H,27,32). The van der Waals surface area contributed by atoms with Crippen molar-refractivity contribution in [2.24, 2.45) is 0 Å². The van der Waals surface area contributed by atoms with Crippen LogP contribution in [0.5, 0.6) is 5.75 Å². The van der Waals surface area contributed by atoms with Crippen LogP contribution >= 0.6 is 0 Å². The quantitative estimate of drug-likeness (QED) is 0.557. The van der Waals surface area contributed by atoms with Gasteiger partial charge in [-0.3, -0.25) is 19.4 Å². The maximum absolute atomic E-state index is 13.0. The van der Waals surface area contributed by atoms with Gasteiger partial charge in [-0.15, -0.1) is 0 Å². The van der Waals surface area contributed by atoms with Crippen molar-refractivity contribution in [3.05, 3.63) is 72.2 Å². The molecule has 0 spiro atoms. The molecule has 4 amide bonds. The van der Waals surface area contributed by atoms with Crippen LogP contribution in [0.2, 0.25) is 0 Å². The van der Waals surface area contributed by atoms with Gasteiger partial charge in [0.25, 0.3) is 0 Å². The van der Waals surface area contributed by atoms with Gasteiger partial charge in [-0.05, 0) is 62.4 Å². The Morgan fingerprint density at radius 2 is 1.76 bits per heavy atom. The average Bonchev–Trinajstić information content (AvgIpc) is 3.26. The number of anilines is 3. The fraction of sp³-hybridized carbons (Fsp3) is 0.240. The summed E-state index contributed by atoms with van der Waals surface area (Å²) in [6.07, 6.45) is 0. The van der Waals surface area contributed by atoms with Crippen LogP contribution in [0.25, 0.3) is 0 Å². The van der Waals surface area contributed by atoms with E-state index in [4.69, 9.17) is 9.15 Å². The number of carbonyl (C=O) groups is 3. The number of hydrogen-bond acceptors (Lipinski definition) is 5. The van der Waals surface area contributed by atoms with E-state index in [1.165, 1.54) is 9.80 Å². The van der Waals surface area contributed by atoms with E-state index in [0.717, 1.165) is 5.76 Å². The summed E-state index contributed by atoms with van der Waals surface area (Å²) in [5.74, 6) is 1.41. The van der Waals surface area contributed by atoms with Gasteiger partial charge in [0, 0.05) is 5.69 Å². The van der Waals surface area contributed by atoms with Crippen LogP contribution in [0.1, 0.15) is 18.4 Å². The van der Waals surface area contributed by atoms with Crippen LogP contribution in [-0.4, -0.2) is 37.5 Å². The van der Waals surface area contributed by atoms with E-state index in [-0.39, 0.29) is 31.4 Å². The van der Waals surface area contributed by atoms with Crippen molar-refractivity contribution < 1.29 is 23.5 Å². The fourth-order valence-corrected chi connectivity index (χ4v) is 3.67. The zero-order valence-electron chi connectivity index (χ0n) is 19.0. The van der Waals surface area contributed by atoms with E-state index in [2.05, 4.69) is 10.6 Å². The normalized spacial score (nSPS) is 12.8. The molecule has 4 rings (SSSR count). The fourth-order valence-electron chi connectivity index (χ4n) is 3.67. The van der Waals surface area contributed by atoms with Gasteiger partial charge in [-0.1, -0.05) is 12.1 Å². The van der Waals surface area contributed by atoms with Crippen molar-refractivity contribution in [1.82, 2.24) is 5.32 Å². The molecule has 1 aliphatic heterocycles. The molecule has 0 bridgehead atoms. The summed E-state index contributed by atoms with van der Waals surface area (Å²) in [6, 6.07) is 17.2. The predicted molar refractivity (Wildman–Crippen MR) is 128 cm³/mol. The number of fused-ring (bicyclic) bond motifs is 1. The lowest BCUT2D eigenvalue weighted by Crippen LogP contribution is -2.51. The van der Waals surface area contributed by atoms with E-state index in [1.807, 2.05) is 19.9 Å². The zero-order chi connectivity index (χ0) is 24.1. The van der Waals surface area contributed by atoms with E-state index < -0.39 is 6.03 Å². The molecular formula is C25H26N4O5. The monoisotopic (exact) mass is 462 g/mol. The Kier molecular flexibility index (Phi) is 6.82. The van der Waals surface area contributed by atoms with Crippen LogP contribution in [0, 0.1) is 6.92 Å². The first-order chi connectivity index (χ1) is 16.4. The third kappa shape index (κ3) is 5.20. The number of benzene rings is 2. The van der Waals surface area contributed by atoms with Crippen molar-refractivity contribution in [3.8, 4) is 5.75 Å². The Morgan fingerprint density at radius 1 is 1.03 bits per heavy atom. The molecule has 2 N–H and O–H groups in total. The number of nitrogens with zero attached hydrogens (tertiary/aromatic N) is 2. The van der Waals surface area contributed by atoms with Crippen LogP contribution in [0.3, 0.4) is 0 Å². The molecule has 0 atom stereocenters. The summed E-state index contributed by atoms with van der Waals surface area (Å²) in [4.78, 5) is 41.2. The lowest BCUT2D eigenvalue weighted by Gasteiger charge is -2.35.